The third-order valence-electron chi connectivity index (χ3n) is 5.09. The van der Waals surface area contributed by atoms with E-state index in [9.17, 15) is 0 Å². The number of nitrogens with one attached hydrogen (secondary N) is 2. The lowest BCUT2D eigenvalue weighted by atomic mass is 9.84. The van der Waals surface area contributed by atoms with Crippen molar-refractivity contribution in [2.75, 3.05) is 18.6 Å². The molecule has 0 fully saturated rings. The first-order valence-electron chi connectivity index (χ1n) is 9.53. The number of rotatable bonds is 12. The molecule has 9 heteroatoms. The van der Waals surface area contributed by atoms with Gasteiger partial charge in [-0.05, 0) is 37.2 Å². The van der Waals surface area contributed by atoms with Crippen LogP contribution in [0.5, 0.6) is 0 Å². The average Bonchev–Trinajstić information content (AvgIpc) is 3.25. The molecule has 1 aliphatic rings. The lowest BCUT2D eigenvalue weighted by Gasteiger charge is -2.32. The Balaban J connectivity index is 1.49. The molecule has 8 nitrogen and oxygen atoms in total. The predicted octanol–water partition coefficient (Wildman–Crippen LogP) is 3.72. The van der Waals surface area contributed by atoms with E-state index in [0.717, 1.165) is 12.2 Å². The summed E-state index contributed by atoms with van der Waals surface area (Å²) < 4.78 is 0. The Morgan fingerprint density at radius 2 is 1.73 bits per heavy atom. The largest absolute Gasteiger partial charge is 0.220 e. The SMILES string of the molecule is CN1NN=NC1C(C)(C)CCCCSCCCCC(C)(C)c1nn[nH]n1. The molecular weight excluding hydrogens is 348 g/mol. The van der Waals surface area contributed by atoms with Crippen molar-refractivity contribution in [3.05, 3.63) is 5.82 Å². The summed E-state index contributed by atoms with van der Waals surface area (Å²) in [5.74, 6) is 3.29. The third-order valence-corrected chi connectivity index (χ3v) is 6.24. The van der Waals surface area contributed by atoms with Crippen LogP contribution in [0.15, 0.2) is 10.3 Å². The van der Waals surface area contributed by atoms with Crippen molar-refractivity contribution >= 4 is 11.8 Å². The van der Waals surface area contributed by atoms with Crippen molar-refractivity contribution in [2.24, 2.45) is 15.8 Å². The van der Waals surface area contributed by atoms with E-state index in [1.165, 1.54) is 43.6 Å². The summed E-state index contributed by atoms with van der Waals surface area (Å²) in [4.78, 5) is 0. The van der Waals surface area contributed by atoms with Crippen LogP contribution < -0.4 is 5.53 Å². The van der Waals surface area contributed by atoms with E-state index in [0.29, 0.717) is 0 Å². The van der Waals surface area contributed by atoms with Gasteiger partial charge in [0.05, 0.1) is 0 Å². The zero-order chi connectivity index (χ0) is 19.0. The molecule has 0 saturated heterocycles. The van der Waals surface area contributed by atoms with Crippen LogP contribution in [0.4, 0.5) is 0 Å². The lowest BCUT2D eigenvalue weighted by molar-refractivity contribution is 0.0990. The minimum absolute atomic E-state index is 0.00282. The first kappa shape index (κ1) is 21.1. The molecule has 0 aromatic carbocycles. The molecule has 1 unspecified atom stereocenters. The topological polar surface area (TPSA) is 94.5 Å². The summed E-state index contributed by atoms with van der Waals surface area (Å²) in [7, 11) is 2.00. The summed E-state index contributed by atoms with van der Waals surface area (Å²) in [6, 6.07) is 0. The van der Waals surface area contributed by atoms with E-state index in [-0.39, 0.29) is 17.0 Å². The normalized spacial score (nSPS) is 18.4. The molecule has 1 atom stereocenters. The summed E-state index contributed by atoms with van der Waals surface area (Å²) in [6.45, 7) is 8.92. The maximum atomic E-state index is 4.30. The molecule has 1 aromatic heterocycles. The van der Waals surface area contributed by atoms with Crippen molar-refractivity contribution in [3.63, 3.8) is 0 Å². The first-order chi connectivity index (χ1) is 12.3. The van der Waals surface area contributed by atoms with Gasteiger partial charge in [0.1, 0.15) is 6.17 Å². The molecule has 26 heavy (non-hydrogen) atoms. The number of hydrogen-bond donors (Lipinski definition) is 2. The molecule has 0 radical (unpaired) electrons. The van der Waals surface area contributed by atoms with E-state index >= 15 is 0 Å². The molecule has 2 rings (SSSR count). The molecule has 1 aliphatic heterocycles. The number of unbranched alkanes of at least 4 members (excludes halogenated alkanes) is 2. The van der Waals surface area contributed by atoms with Gasteiger partial charge in [0, 0.05) is 17.9 Å². The second kappa shape index (κ2) is 9.64. The molecule has 0 saturated carbocycles. The Hall–Kier alpha value is -1.22. The van der Waals surface area contributed by atoms with Crippen LogP contribution in [0.3, 0.4) is 0 Å². The standard InChI is InChI=1S/C17H34N8S/c1-16(2,14-18-21-22-19-14)10-6-8-12-26-13-9-7-11-17(3,4)15-20-23-24-25(15)5/h15H,6-13H2,1-5H3,(H,20,24)(H,18,19,21,22). The van der Waals surface area contributed by atoms with Crippen molar-refractivity contribution < 1.29 is 0 Å². The minimum atomic E-state index is 0.00282. The highest BCUT2D eigenvalue weighted by Crippen LogP contribution is 2.33. The maximum Gasteiger partial charge on any atom is 0.180 e. The van der Waals surface area contributed by atoms with E-state index in [1.54, 1.807) is 0 Å². The van der Waals surface area contributed by atoms with Crippen LogP contribution in [0.2, 0.25) is 0 Å². The summed E-state index contributed by atoms with van der Waals surface area (Å²) in [5.41, 5.74) is 3.05. The summed E-state index contributed by atoms with van der Waals surface area (Å²) in [6.07, 6.45) is 7.36. The van der Waals surface area contributed by atoms with Crippen LogP contribution in [0.1, 0.15) is 72.0 Å². The number of nitrogens with zero attached hydrogens (tertiary/aromatic N) is 6. The molecule has 0 aliphatic carbocycles. The lowest BCUT2D eigenvalue weighted by Crippen LogP contribution is -2.42. The van der Waals surface area contributed by atoms with Gasteiger partial charge in [-0.1, -0.05) is 51.0 Å². The fourth-order valence-electron chi connectivity index (χ4n) is 3.31. The number of hydrazine groups is 1. The number of thioether (sulfide) groups is 1. The summed E-state index contributed by atoms with van der Waals surface area (Å²) >= 11 is 2.07. The Bertz CT molecular complexity index is 543. The van der Waals surface area contributed by atoms with Crippen molar-refractivity contribution in [1.29, 1.82) is 0 Å². The fraction of sp³-hybridized carbons (Fsp3) is 0.941. The molecule has 148 valence electrons. The third kappa shape index (κ3) is 6.19. The molecule has 1 aromatic rings. The molecule has 2 N–H and O–H groups in total. The second-order valence-electron chi connectivity index (χ2n) is 8.43. The van der Waals surface area contributed by atoms with E-state index in [4.69, 9.17) is 0 Å². The molecule has 2 heterocycles. The minimum Gasteiger partial charge on any atom is -0.220 e. The van der Waals surface area contributed by atoms with Gasteiger partial charge in [0.25, 0.3) is 0 Å². The zero-order valence-corrected chi connectivity index (χ0v) is 17.6. The summed E-state index contributed by atoms with van der Waals surface area (Å²) in [5, 5.41) is 24.6. The van der Waals surface area contributed by atoms with E-state index < -0.39 is 0 Å². The van der Waals surface area contributed by atoms with Crippen LogP contribution in [-0.2, 0) is 5.41 Å². The van der Waals surface area contributed by atoms with Gasteiger partial charge in [-0.25, -0.2) is 5.53 Å². The van der Waals surface area contributed by atoms with Crippen LogP contribution >= 0.6 is 11.8 Å². The van der Waals surface area contributed by atoms with Crippen LogP contribution in [0, 0.1) is 5.41 Å². The predicted molar refractivity (Wildman–Crippen MR) is 106 cm³/mol. The maximum absolute atomic E-state index is 4.30. The molecular formula is C17H34N8S. The zero-order valence-electron chi connectivity index (χ0n) is 16.8. The first-order valence-corrected chi connectivity index (χ1v) is 10.7. The monoisotopic (exact) mass is 382 g/mol. The Labute approximate surface area is 161 Å². The van der Waals surface area contributed by atoms with Gasteiger partial charge in [-0.15, -0.1) is 15.3 Å². The van der Waals surface area contributed by atoms with Crippen LogP contribution in [0.25, 0.3) is 0 Å². The Morgan fingerprint density at radius 1 is 1.04 bits per heavy atom. The van der Waals surface area contributed by atoms with Gasteiger partial charge >= 0.3 is 0 Å². The van der Waals surface area contributed by atoms with Gasteiger partial charge in [-0.2, -0.15) is 22.0 Å². The second-order valence-corrected chi connectivity index (χ2v) is 9.66. The average molecular weight is 383 g/mol. The molecule has 0 spiro atoms. The Kier molecular flexibility index (Phi) is 7.82. The van der Waals surface area contributed by atoms with Crippen molar-refractivity contribution in [1.82, 2.24) is 31.2 Å². The highest BCUT2D eigenvalue weighted by atomic mass is 32.2. The number of aromatic nitrogens is 4. The highest BCUT2D eigenvalue weighted by molar-refractivity contribution is 7.99. The number of tetrazole rings is 1. The number of H-pyrrole nitrogens is 1. The molecule has 0 bridgehead atoms. The highest BCUT2D eigenvalue weighted by Gasteiger charge is 2.35. The van der Waals surface area contributed by atoms with Gasteiger partial charge in [0.2, 0.25) is 0 Å². The quantitative estimate of drug-likeness (QED) is 0.535. The van der Waals surface area contributed by atoms with Gasteiger partial charge < -0.3 is 0 Å². The fourth-order valence-corrected chi connectivity index (χ4v) is 4.33. The van der Waals surface area contributed by atoms with E-state index in [1.807, 2.05) is 12.1 Å². The smallest absolute Gasteiger partial charge is 0.180 e. The van der Waals surface area contributed by atoms with Crippen LogP contribution in [-0.4, -0.2) is 50.4 Å². The van der Waals surface area contributed by atoms with E-state index in [2.05, 4.69) is 76.0 Å². The van der Waals surface area contributed by atoms with Gasteiger partial charge in [0.15, 0.2) is 5.82 Å². The Morgan fingerprint density at radius 3 is 2.31 bits per heavy atom. The van der Waals surface area contributed by atoms with Crippen molar-refractivity contribution in [2.45, 2.75) is 77.8 Å². The number of hydrogen-bond acceptors (Lipinski definition) is 8. The molecule has 0 amide bonds. The van der Waals surface area contributed by atoms with Crippen molar-refractivity contribution in [3.8, 4) is 0 Å². The van der Waals surface area contributed by atoms with Gasteiger partial charge in [-0.3, -0.25) is 0 Å². The number of aromatic amines is 1.